The lowest BCUT2D eigenvalue weighted by atomic mass is 9.95. The zero-order valence-electron chi connectivity index (χ0n) is 35.8. The molecule has 60 heavy (non-hydrogen) atoms. The Morgan fingerprint density at radius 2 is 1.73 bits per heavy atom. The Morgan fingerprint density at radius 1 is 0.983 bits per heavy atom. The summed E-state index contributed by atoms with van der Waals surface area (Å²) in [5, 5.41) is 11.9. The number of hydrogen-bond acceptors (Lipinski definition) is 8. The molecule has 0 radical (unpaired) electrons. The number of benzene rings is 2. The number of carbonyl (C=O) groups is 1. The van der Waals surface area contributed by atoms with Crippen LogP contribution in [0.5, 0.6) is 11.9 Å². The van der Waals surface area contributed by atoms with Gasteiger partial charge >= 0.3 is 12.1 Å². The number of hydrogen-bond donors (Lipinski definition) is 1. The number of carboxylic acid groups (broad SMARTS) is 1. The highest BCUT2D eigenvalue weighted by Gasteiger charge is 2.62. The minimum Gasteiger partial charge on any atom is -0.472 e. The fraction of sp³-hybridized carbons (Fsp3) is 0.574. The molecular formula is C47H56F2N6O4Si. The molecule has 2 aromatic carbocycles. The zero-order chi connectivity index (χ0) is 42.0. The van der Waals surface area contributed by atoms with Crippen molar-refractivity contribution in [2.75, 3.05) is 24.6 Å². The molecule has 2 aromatic heterocycles. The standard InChI is InChI=1S/C47H56F2N6O4Si/c1-26(2)60(27(3)4,28(5)6)23-16-32-34(48)14-12-30-10-8-11-33(36(30)32)39-38(49)40-37-42(52-44(51-40)58-25-47-17-9-22-54(47)46(18-19-46)20-21-47)53-24-31-13-15-35(55(31)45(56)57)41(53)29(7)59-43(37)50-39/h8,10-12,14,26-29,31,35,41H,9,13,15,17-22,24-25H2,1-7H3,(H,56,57). The van der Waals surface area contributed by atoms with Crippen molar-refractivity contribution in [3.05, 3.63) is 47.5 Å². The van der Waals surface area contributed by atoms with Crippen LogP contribution in [0.15, 0.2) is 30.3 Å². The van der Waals surface area contributed by atoms with E-state index in [1.165, 1.54) is 18.9 Å². The molecule has 13 heteroatoms. The molecular weight excluding hydrogens is 779 g/mol. The van der Waals surface area contributed by atoms with E-state index in [-0.39, 0.29) is 46.3 Å². The molecule has 1 saturated carbocycles. The SMILES string of the molecule is CC1Oc2nc(-c3cccc4ccc(F)c(C#C[Si](C(C)C)(C(C)C)C(C)C)c34)c(F)c3nc(OCC45CCCN4C4(CC4)CC5)nc(c23)N2CC3CCC(C12)N3C(=O)O. The van der Waals surface area contributed by atoms with Crippen molar-refractivity contribution in [3.63, 3.8) is 0 Å². The van der Waals surface area contributed by atoms with Crippen LogP contribution in [0.4, 0.5) is 19.4 Å². The van der Waals surface area contributed by atoms with Gasteiger partial charge in [-0.05, 0) is 92.9 Å². The van der Waals surface area contributed by atoms with Gasteiger partial charge in [-0.15, -0.1) is 5.54 Å². The van der Waals surface area contributed by atoms with Gasteiger partial charge in [-0.3, -0.25) is 9.80 Å². The third-order valence-electron chi connectivity index (χ3n) is 15.7. The first kappa shape index (κ1) is 39.6. The van der Waals surface area contributed by atoms with Gasteiger partial charge in [0, 0.05) is 23.0 Å². The van der Waals surface area contributed by atoms with Crippen molar-refractivity contribution in [2.45, 2.75) is 152 Å². The van der Waals surface area contributed by atoms with Crippen LogP contribution in [0.25, 0.3) is 32.9 Å². The Morgan fingerprint density at radius 3 is 2.45 bits per heavy atom. The van der Waals surface area contributed by atoms with E-state index in [1.807, 2.05) is 19.1 Å². The number of aromatic nitrogens is 3. The van der Waals surface area contributed by atoms with Gasteiger partial charge in [-0.1, -0.05) is 71.7 Å². The second kappa shape index (κ2) is 14.0. The molecule has 1 amide bonds. The number of piperazine rings is 1. The quantitative estimate of drug-likeness (QED) is 0.144. The Hall–Kier alpha value is -4.54. The first-order chi connectivity index (χ1) is 28.7. The number of amides is 1. The summed E-state index contributed by atoms with van der Waals surface area (Å²) in [6, 6.07) is 7.68. The molecule has 316 valence electrons. The first-order valence-electron chi connectivity index (χ1n) is 22.2. The molecule has 10 nitrogen and oxygen atoms in total. The summed E-state index contributed by atoms with van der Waals surface area (Å²) < 4.78 is 47.5. The van der Waals surface area contributed by atoms with E-state index in [9.17, 15) is 9.90 Å². The van der Waals surface area contributed by atoms with Gasteiger partial charge in [-0.25, -0.2) is 18.6 Å². The maximum atomic E-state index is 17.9. The molecule has 1 aliphatic carbocycles. The minimum absolute atomic E-state index is 0.00797. The van der Waals surface area contributed by atoms with Crippen LogP contribution in [0.2, 0.25) is 16.6 Å². The number of anilines is 1. The van der Waals surface area contributed by atoms with E-state index < -0.39 is 37.9 Å². The zero-order valence-corrected chi connectivity index (χ0v) is 36.8. The number of pyridine rings is 1. The van der Waals surface area contributed by atoms with E-state index in [4.69, 9.17) is 24.4 Å². The molecule has 5 aliphatic heterocycles. The second-order valence-electron chi connectivity index (χ2n) is 19.6. The Labute approximate surface area is 352 Å². The van der Waals surface area contributed by atoms with Crippen LogP contribution in [-0.2, 0) is 0 Å². The second-order valence-corrected chi connectivity index (χ2v) is 25.1. The number of nitrogens with zero attached hydrogens (tertiary/aromatic N) is 6. The van der Waals surface area contributed by atoms with Crippen LogP contribution in [-0.4, -0.2) is 99.0 Å². The normalized spacial score (nSPS) is 26.5. The van der Waals surface area contributed by atoms with E-state index in [1.54, 1.807) is 17.0 Å². The highest BCUT2D eigenvalue weighted by molar-refractivity contribution is 6.90. The topological polar surface area (TPSA) is 104 Å². The number of rotatable bonds is 7. The molecule has 4 saturated heterocycles. The lowest BCUT2D eigenvalue weighted by molar-refractivity contribution is 0.0703. The maximum absolute atomic E-state index is 17.9. The molecule has 5 unspecified atom stereocenters. The third kappa shape index (κ3) is 5.71. The average molecular weight is 835 g/mol. The summed E-state index contributed by atoms with van der Waals surface area (Å²) >= 11 is 0. The molecule has 5 atom stereocenters. The smallest absolute Gasteiger partial charge is 0.407 e. The van der Waals surface area contributed by atoms with Gasteiger partial charge in [0.05, 0.1) is 29.2 Å². The van der Waals surface area contributed by atoms with Crippen LogP contribution in [0, 0.1) is 23.1 Å². The van der Waals surface area contributed by atoms with Crippen molar-refractivity contribution in [1.82, 2.24) is 24.8 Å². The van der Waals surface area contributed by atoms with E-state index in [2.05, 4.69) is 62.8 Å². The largest absolute Gasteiger partial charge is 0.472 e. The van der Waals surface area contributed by atoms with Gasteiger partial charge < -0.3 is 19.5 Å². The monoisotopic (exact) mass is 834 g/mol. The average Bonchev–Trinajstić information content (AvgIpc) is 3.68. The van der Waals surface area contributed by atoms with Gasteiger partial charge in [0.1, 0.15) is 49.0 Å². The van der Waals surface area contributed by atoms with Crippen molar-refractivity contribution >= 4 is 41.7 Å². The lowest BCUT2D eigenvalue weighted by Gasteiger charge is -2.47. The fourth-order valence-corrected chi connectivity index (χ4v) is 18.1. The number of halogens is 2. The lowest BCUT2D eigenvalue weighted by Crippen LogP contribution is -2.64. The van der Waals surface area contributed by atoms with Crippen molar-refractivity contribution in [1.29, 1.82) is 0 Å². The molecule has 6 aliphatic rings. The van der Waals surface area contributed by atoms with E-state index >= 15 is 8.78 Å². The number of ether oxygens (including phenoxy) is 2. The predicted molar refractivity (Wildman–Crippen MR) is 231 cm³/mol. The summed E-state index contributed by atoms with van der Waals surface area (Å²) in [4.78, 5) is 33.8. The first-order valence-corrected chi connectivity index (χ1v) is 24.4. The minimum atomic E-state index is -2.28. The summed E-state index contributed by atoms with van der Waals surface area (Å²) in [6.07, 6.45) is 6.69. The van der Waals surface area contributed by atoms with Crippen molar-refractivity contribution < 1.29 is 28.2 Å². The van der Waals surface area contributed by atoms with Crippen LogP contribution < -0.4 is 14.4 Å². The molecule has 1 N–H and O–H groups in total. The van der Waals surface area contributed by atoms with Crippen molar-refractivity contribution in [2.24, 2.45) is 0 Å². The van der Waals surface area contributed by atoms with Gasteiger partial charge in [0.2, 0.25) is 5.88 Å². The summed E-state index contributed by atoms with van der Waals surface area (Å²) in [7, 11) is -2.28. The summed E-state index contributed by atoms with van der Waals surface area (Å²) in [6.45, 7) is 17.1. The highest BCUT2D eigenvalue weighted by atomic mass is 28.3. The van der Waals surface area contributed by atoms with Crippen molar-refractivity contribution in [3.8, 4) is 34.6 Å². The molecule has 5 fully saturated rings. The van der Waals surface area contributed by atoms with Gasteiger partial charge in [0.25, 0.3) is 0 Å². The Balaban J connectivity index is 1.16. The number of fused-ring (bicyclic) bond motifs is 8. The van der Waals surface area contributed by atoms with Gasteiger partial charge in [-0.2, -0.15) is 9.97 Å². The van der Waals surface area contributed by atoms with Crippen LogP contribution in [0.3, 0.4) is 0 Å². The predicted octanol–water partition coefficient (Wildman–Crippen LogP) is 9.71. The summed E-state index contributed by atoms with van der Waals surface area (Å²) in [5.74, 6) is 2.80. The molecule has 1 spiro atoms. The Kier molecular flexibility index (Phi) is 9.23. The molecule has 10 rings (SSSR count). The third-order valence-corrected chi connectivity index (χ3v) is 22.0. The van der Waals surface area contributed by atoms with Gasteiger partial charge in [0.15, 0.2) is 5.82 Å². The van der Waals surface area contributed by atoms with E-state index in [0.29, 0.717) is 75.7 Å². The van der Waals surface area contributed by atoms with E-state index in [0.717, 1.165) is 32.2 Å². The molecule has 2 bridgehead atoms. The molecule has 4 aromatic rings. The maximum Gasteiger partial charge on any atom is 0.407 e. The summed E-state index contributed by atoms with van der Waals surface area (Å²) in [5.41, 5.74) is 5.48. The highest BCUT2D eigenvalue weighted by Crippen LogP contribution is 2.59. The fourth-order valence-electron chi connectivity index (χ4n) is 12.9. The molecule has 7 heterocycles. The van der Waals surface area contributed by atoms with Crippen LogP contribution in [0.1, 0.15) is 105 Å². The Bertz CT molecular complexity index is 2480. The van der Waals surface area contributed by atoms with Crippen LogP contribution >= 0.6 is 0 Å².